The SMILES string of the molecule is C[C@@H]1Cc2ccccc2CN1c1cc(NCc2ccccc2)nc(C2CC2)n1. The summed E-state index contributed by atoms with van der Waals surface area (Å²) in [5.74, 6) is 3.51. The third-order valence-electron chi connectivity index (χ3n) is 5.79. The molecule has 1 fully saturated rings. The second-order valence-electron chi connectivity index (χ2n) is 8.03. The average Bonchev–Trinajstić information content (AvgIpc) is 3.58. The van der Waals surface area contributed by atoms with Gasteiger partial charge in [-0.25, -0.2) is 9.97 Å². The van der Waals surface area contributed by atoms with Crippen molar-refractivity contribution >= 4 is 11.6 Å². The van der Waals surface area contributed by atoms with E-state index in [-0.39, 0.29) is 0 Å². The maximum Gasteiger partial charge on any atom is 0.136 e. The number of rotatable bonds is 5. The van der Waals surface area contributed by atoms with E-state index in [9.17, 15) is 0 Å². The normalized spacial score (nSPS) is 18.6. The molecule has 0 saturated heterocycles. The molecule has 2 heterocycles. The number of hydrogen-bond donors (Lipinski definition) is 1. The predicted molar refractivity (Wildman–Crippen MR) is 114 cm³/mol. The van der Waals surface area contributed by atoms with Gasteiger partial charge in [-0.2, -0.15) is 0 Å². The first-order valence-electron chi connectivity index (χ1n) is 10.3. The third kappa shape index (κ3) is 3.59. The molecule has 2 aromatic carbocycles. The maximum absolute atomic E-state index is 4.97. The van der Waals surface area contributed by atoms with Crippen molar-refractivity contribution < 1.29 is 0 Å². The average molecular weight is 371 g/mol. The molecule has 5 rings (SSSR count). The Balaban J connectivity index is 1.43. The van der Waals surface area contributed by atoms with Gasteiger partial charge in [-0.3, -0.25) is 0 Å². The lowest BCUT2D eigenvalue weighted by Crippen LogP contribution is -2.39. The minimum Gasteiger partial charge on any atom is -0.366 e. The van der Waals surface area contributed by atoms with Crippen LogP contribution in [0.2, 0.25) is 0 Å². The number of benzene rings is 2. The van der Waals surface area contributed by atoms with E-state index in [0.29, 0.717) is 12.0 Å². The fourth-order valence-electron chi connectivity index (χ4n) is 3.99. The van der Waals surface area contributed by atoms with Gasteiger partial charge in [-0.05, 0) is 42.9 Å². The van der Waals surface area contributed by atoms with Crippen molar-refractivity contribution in [3.63, 3.8) is 0 Å². The lowest BCUT2D eigenvalue weighted by Gasteiger charge is -2.36. The highest BCUT2D eigenvalue weighted by Gasteiger charge is 2.30. The molecule has 4 nitrogen and oxygen atoms in total. The molecule has 0 amide bonds. The lowest BCUT2D eigenvalue weighted by molar-refractivity contribution is 0.585. The van der Waals surface area contributed by atoms with Crippen LogP contribution < -0.4 is 10.2 Å². The summed E-state index contributed by atoms with van der Waals surface area (Å²) in [6, 6.07) is 21.8. The van der Waals surface area contributed by atoms with Gasteiger partial charge in [0.1, 0.15) is 17.5 Å². The molecular weight excluding hydrogens is 344 g/mol. The minimum absolute atomic E-state index is 0.429. The highest BCUT2D eigenvalue weighted by atomic mass is 15.2. The topological polar surface area (TPSA) is 41.0 Å². The van der Waals surface area contributed by atoms with E-state index in [0.717, 1.165) is 37.0 Å². The Morgan fingerprint density at radius 2 is 1.71 bits per heavy atom. The molecule has 2 aliphatic rings. The van der Waals surface area contributed by atoms with Gasteiger partial charge in [0.25, 0.3) is 0 Å². The van der Waals surface area contributed by atoms with Crippen LogP contribution in [0, 0.1) is 0 Å². The van der Waals surface area contributed by atoms with E-state index >= 15 is 0 Å². The van der Waals surface area contributed by atoms with Crippen molar-refractivity contribution in [3.05, 3.63) is 83.2 Å². The summed E-state index contributed by atoms with van der Waals surface area (Å²) in [6.45, 7) is 3.99. The molecule has 1 saturated carbocycles. The van der Waals surface area contributed by atoms with Crippen molar-refractivity contribution in [2.24, 2.45) is 0 Å². The second-order valence-corrected chi connectivity index (χ2v) is 8.03. The number of aromatic nitrogens is 2. The Bertz CT molecular complexity index is 965. The first-order valence-corrected chi connectivity index (χ1v) is 10.3. The molecule has 1 aliphatic carbocycles. The van der Waals surface area contributed by atoms with Crippen LogP contribution in [0.25, 0.3) is 0 Å². The summed E-state index contributed by atoms with van der Waals surface area (Å²) in [5, 5.41) is 3.52. The van der Waals surface area contributed by atoms with Gasteiger partial charge in [-0.1, -0.05) is 54.6 Å². The van der Waals surface area contributed by atoms with Crippen molar-refractivity contribution in [2.45, 2.75) is 51.2 Å². The van der Waals surface area contributed by atoms with Crippen LogP contribution >= 0.6 is 0 Å². The summed E-state index contributed by atoms with van der Waals surface area (Å²) in [5.41, 5.74) is 4.13. The summed E-state index contributed by atoms with van der Waals surface area (Å²) in [7, 11) is 0. The third-order valence-corrected chi connectivity index (χ3v) is 5.79. The van der Waals surface area contributed by atoms with Crippen LogP contribution in [-0.4, -0.2) is 16.0 Å². The van der Waals surface area contributed by atoms with Gasteiger partial charge in [0, 0.05) is 31.1 Å². The number of hydrogen-bond acceptors (Lipinski definition) is 4. The maximum atomic E-state index is 4.97. The van der Waals surface area contributed by atoms with Gasteiger partial charge in [0.05, 0.1) is 0 Å². The Labute approximate surface area is 166 Å². The van der Waals surface area contributed by atoms with Crippen LogP contribution in [0.3, 0.4) is 0 Å². The zero-order valence-corrected chi connectivity index (χ0v) is 16.3. The van der Waals surface area contributed by atoms with E-state index in [1.54, 1.807) is 0 Å². The summed E-state index contributed by atoms with van der Waals surface area (Å²) in [6.07, 6.45) is 3.48. The molecule has 1 N–H and O–H groups in total. The van der Waals surface area contributed by atoms with Crippen LogP contribution in [0.1, 0.15) is 48.2 Å². The first-order chi connectivity index (χ1) is 13.8. The number of fused-ring (bicyclic) bond motifs is 1. The molecule has 0 radical (unpaired) electrons. The van der Waals surface area contributed by atoms with E-state index in [2.05, 4.69) is 71.7 Å². The number of nitrogens with zero attached hydrogens (tertiary/aromatic N) is 3. The molecule has 0 unspecified atom stereocenters. The quantitative estimate of drug-likeness (QED) is 0.692. The fourth-order valence-corrected chi connectivity index (χ4v) is 3.99. The highest BCUT2D eigenvalue weighted by molar-refractivity contribution is 5.53. The monoisotopic (exact) mass is 370 g/mol. The molecule has 1 aromatic heterocycles. The second kappa shape index (κ2) is 7.27. The summed E-state index contributed by atoms with van der Waals surface area (Å²) < 4.78 is 0. The van der Waals surface area contributed by atoms with Gasteiger partial charge >= 0.3 is 0 Å². The Morgan fingerprint density at radius 3 is 2.50 bits per heavy atom. The molecule has 0 bridgehead atoms. The molecule has 28 heavy (non-hydrogen) atoms. The van der Waals surface area contributed by atoms with Crippen LogP contribution in [0.4, 0.5) is 11.6 Å². The smallest absolute Gasteiger partial charge is 0.136 e. The highest BCUT2D eigenvalue weighted by Crippen LogP contribution is 2.39. The lowest BCUT2D eigenvalue weighted by atomic mass is 9.95. The molecule has 4 heteroatoms. The van der Waals surface area contributed by atoms with Crippen LogP contribution in [-0.2, 0) is 19.5 Å². The minimum atomic E-state index is 0.429. The van der Waals surface area contributed by atoms with E-state index < -0.39 is 0 Å². The van der Waals surface area contributed by atoms with E-state index in [1.165, 1.54) is 29.5 Å². The predicted octanol–water partition coefficient (Wildman–Crippen LogP) is 4.92. The molecule has 1 atom stereocenters. The van der Waals surface area contributed by atoms with Gasteiger partial charge in [0.15, 0.2) is 0 Å². The molecule has 3 aromatic rings. The van der Waals surface area contributed by atoms with Crippen molar-refractivity contribution in [3.8, 4) is 0 Å². The zero-order valence-electron chi connectivity index (χ0n) is 16.3. The molecule has 0 spiro atoms. The Hall–Kier alpha value is -2.88. The van der Waals surface area contributed by atoms with Crippen LogP contribution in [0.5, 0.6) is 0 Å². The number of nitrogens with one attached hydrogen (secondary N) is 1. The van der Waals surface area contributed by atoms with Crippen LogP contribution in [0.15, 0.2) is 60.7 Å². The largest absolute Gasteiger partial charge is 0.366 e. The number of anilines is 2. The van der Waals surface area contributed by atoms with Crippen molar-refractivity contribution in [1.82, 2.24) is 9.97 Å². The first kappa shape index (κ1) is 17.2. The van der Waals surface area contributed by atoms with Gasteiger partial charge < -0.3 is 10.2 Å². The molecular formula is C24H26N4. The fraction of sp³-hybridized carbons (Fsp3) is 0.333. The van der Waals surface area contributed by atoms with E-state index in [4.69, 9.17) is 9.97 Å². The Morgan fingerprint density at radius 1 is 0.964 bits per heavy atom. The standard InChI is InChI=1S/C24H26N4/c1-17-13-20-9-5-6-10-21(20)16-28(17)23-14-22(26-24(27-23)19-11-12-19)25-15-18-7-3-2-4-8-18/h2-10,14,17,19H,11-13,15-16H2,1H3,(H,25,26,27)/t17-/m1/s1. The molecule has 1 aliphatic heterocycles. The van der Waals surface area contributed by atoms with Crippen molar-refractivity contribution in [1.29, 1.82) is 0 Å². The summed E-state index contributed by atoms with van der Waals surface area (Å²) >= 11 is 0. The summed E-state index contributed by atoms with van der Waals surface area (Å²) in [4.78, 5) is 12.2. The Kier molecular flexibility index (Phi) is 4.47. The van der Waals surface area contributed by atoms with E-state index in [1.807, 2.05) is 6.07 Å². The zero-order chi connectivity index (χ0) is 18.9. The van der Waals surface area contributed by atoms with Gasteiger partial charge in [-0.15, -0.1) is 0 Å². The van der Waals surface area contributed by atoms with Crippen molar-refractivity contribution in [2.75, 3.05) is 10.2 Å². The van der Waals surface area contributed by atoms with Gasteiger partial charge in [0.2, 0.25) is 0 Å². The molecule has 142 valence electrons.